The lowest BCUT2D eigenvalue weighted by atomic mass is 10.2. The topological polar surface area (TPSA) is 57.8 Å². The summed E-state index contributed by atoms with van der Waals surface area (Å²) < 4.78 is 36.6. The largest absolute Gasteiger partial charge is 0.471 e. The normalized spacial score (nSPS) is 11.7. The Morgan fingerprint density at radius 1 is 1.13 bits per heavy atom. The van der Waals surface area contributed by atoms with Gasteiger partial charge in [-0.15, -0.1) is 0 Å². The number of hydrogen-bond acceptors (Lipinski definition) is 2. The number of anilines is 1. The molecule has 0 saturated carbocycles. The van der Waals surface area contributed by atoms with Gasteiger partial charge in [0, 0.05) is 11.3 Å². The second kappa shape index (κ2) is 5.42. The van der Waals surface area contributed by atoms with Crippen molar-refractivity contribution in [2.75, 3.05) is 5.32 Å². The molecule has 2 N–H and O–H groups in total. The van der Waals surface area contributed by atoms with Crippen LogP contribution in [0.5, 0.6) is 0 Å². The molecule has 7 heteroatoms. The molecule has 1 amide bonds. The van der Waals surface area contributed by atoms with E-state index in [1.54, 1.807) is 17.4 Å². The number of rotatable bonds is 2. The van der Waals surface area contributed by atoms with Crippen molar-refractivity contribution in [3.63, 3.8) is 0 Å². The summed E-state index contributed by atoms with van der Waals surface area (Å²) in [4.78, 5) is 18.5. The van der Waals surface area contributed by atoms with Crippen molar-refractivity contribution in [1.82, 2.24) is 9.97 Å². The molecule has 0 radical (unpaired) electrons. The number of alkyl halides is 3. The summed E-state index contributed by atoms with van der Waals surface area (Å²) in [5.74, 6) is -1.39. The van der Waals surface area contributed by atoms with Crippen LogP contribution in [0, 0.1) is 6.92 Å². The van der Waals surface area contributed by atoms with Crippen LogP contribution in [-0.4, -0.2) is 22.1 Å². The number of fused-ring (bicyclic) bond motifs is 1. The minimum Gasteiger partial charge on any atom is -0.338 e. The summed E-state index contributed by atoms with van der Waals surface area (Å²) in [6, 6.07) is 11.8. The highest BCUT2D eigenvalue weighted by molar-refractivity contribution is 5.95. The van der Waals surface area contributed by atoms with Crippen LogP contribution in [-0.2, 0) is 4.79 Å². The van der Waals surface area contributed by atoms with Crippen LogP contribution in [0.2, 0.25) is 0 Å². The molecule has 23 heavy (non-hydrogen) atoms. The Balaban J connectivity index is 1.85. The molecule has 0 atom stereocenters. The number of benzene rings is 2. The number of imidazole rings is 1. The van der Waals surface area contributed by atoms with E-state index in [1.165, 1.54) is 12.1 Å². The van der Waals surface area contributed by atoms with Gasteiger partial charge in [0.2, 0.25) is 0 Å². The molecule has 0 saturated heterocycles. The van der Waals surface area contributed by atoms with Crippen LogP contribution >= 0.6 is 0 Å². The first-order chi connectivity index (χ1) is 10.8. The summed E-state index contributed by atoms with van der Waals surface area (Å²) in [5, 5.41) is 1.80. The van der Waals surface area contributed by atoms with Gasteiger partial charge >= 0.3 is 12.1 Å². The van der Waals surface area contributed by atoms with Crippen molar-refractivity contribution in [3.05, 3.63) is 48.0 Å². The van der Waals surface area contributed by atoms with Crippen molar-refractivity contribution >= 4 is 22.6 Å². The van der Waals surface area contributed by atoms with Gasteiger partial charge in [0.05, 0.1) is 11.0 Å². The van der Waals surface area contributed by atoms with E-state index >= 15 is 0 Å². The van der Waals surface area contributed by atoms with E-state index in [-0.39, 0.29) is 5.69 Å². The number of H-pyrrole nitrogens is 1. The number of aryl methyl sites for hydroxylation is 1. The van der Waals surface area contributed by atoms with Crippen LogP contribution < -0.4 is 5.32 Å². The third kappa shape index (κ3) is 3.18. The maximum absolute atomic E-state index is 12.2. The number of hydrogen-bond donors (Lipinski definition) is 2. The van der Waals surface area contributed by atoms with Gasteiger partial charge in [-0.2, -0.15) is 13.2 Å². The maximum atomic E-state index is 12.2. The molecule has 0 aliphatic carbocycles. The van der Waals surface area contributed by atoms with Crippen LogP contribution in [0.1, 0.15) is 5.56 Å². The van der Waals surface area contributed by atoms with Crippen LogP contribution in [0.4, 0.5) is 18.9 Å². The predicted molar refractivity (Wildman–Crippen MR) is 81.0 cm³/mol. The van der Waals surface area contributed by atoms with Gasteiger partial charge in [-0.1, -0.05) is 6.07 Å². The minimum atomic E-state index is -4.91. The highest BCUT2D eigenvalue weighted by Crippen LogP contribution is 2.24. The van der Waals surface area contributed by atoms with Crippen molar-refractivity contribution in [3.8, 4) is 11.4 Å². The monoisotopic (exact) mass is 319 g/mol. The Morgan fingerprint density at radius 3 is 2.48 bits per heavy atom. The van der Waals surface area contributed by atoms with Gasteiger partial charge in [-0.05, 0) is 48.9 Å². The van der Waals surface area contributed by atoms with Crippen LogP contribution in [0.15, 0.2) is 42.5 Å². The van der Waals surface area contributed by atoms with Crippen molar-refractivity contribution < 1.29 is 18.0 Å². The van der Waals surface area contributed by atoms with E-state index in [1.807, 2.05) is 25.1 Å². The number of aromatic nitrogens is 2. The number of halogens is 3. The first kappa shape index (κ1) is 15.1. The summed E-state index contributed by atoms with van der Waals surface area (Å²) in [7, 11) is 0. The lowest BCUT2D eigenvalue weighted by Gasteiger charge is -2.08. The Kier molecular flexibility index (Phi) is 3.55. The molecular weight excluding hydrogens is 307 g/mol. The zero-order valence-electron chi connectivity index (χ0n) is 12.0. The SMILES string of the molecule is Cc1ccc2nc(-c3ccc(NC(=O)C(F)(F)F)cc3)[nH]c2c1. The quantitative estimate of drug-likeness (QED) is 0.749. The molecule has 1 heterocycles. The van der Waals surface area contributed by atoms with Gasteiger partial charge in [-0.3, -0.25) is 4.79 Å². The first-order valence-electron chi connectivity index (χ1n) is 6.78. The molecule has 0 aliphatic rings. The summed E-state index contributed by atoms with van der Waals surface area (Å²) in [6.45, 7) is 1.97. The van der Waals surface area contributed by atoms with Gasteiger partial charge in [0.15, 0.2) is 0 Å². The predicted octanol–water partition coefficient (Wildman–Crippen LogP) is 4.04. The number of aromatic amines is 1. The maximum Gasteiger partial charge on any atom is 0.471 e. The second-order valence-corrected chi connectivity index (χ2v) is 5.14. The lowest BCUT2D eigenvalue weighted by Crippen LogP contribution is -2.29. The van der Waals surface area contributed by atoms with Crippen LogP contribution in [0.25, 0.3) is 22.4 Å². The molecule has 1 aromatic heterocycles. The Labute approximate surface area is 129 Å². The summed E-state index contributed by atoms with van der Waals surface area (Å²) >= 11 is 0. The average molecular weight is 319 g/mol. The fraction of sp³-hybridized carbons (Fsp3) is 0.125. The Morgan fingerprint density at radius 2 is 1.83 bits per heavy atom. The van der Waals surface area contributed by atoms with E-state index in [0.717, 1.165) is 16.6 Å². The van der Waals surface area contributed by atoms with E-state index < -0.39 is 12.1 Å². The molecule has 0 spiro atoms. The van der Waals surface area contributed by atoms with Gasteiger partial charge < -0.3 is 10.3 Å². The fourth-order valence-electron chi connectivity index (χ4n) is 2.17. The van der Waals surface area contributed by atoms with E-state index in [0.29, 0.717) is 11.4 Å². The van der Waals surface area contributed by atoms with E-state index in [4.69, 9.17) is 0 Å². The molecule has 2 aromatic carbocycles. The molecule has 3 aromatic rings. The number of nitrogens with zero attached hydrogens (tertiary/aromatic N) is 1. The highest BCUT2D eigenvalue weighted by Gasteiger charge is 2.38. The molecule has 0 bridgehead atoms. The zero-order chi connectivity index (χ0) is 16.6. The van der Waals surface area contributed by atoms with Gasteiger partial charge in [0.25, 0.3) is 0 Å². The molecule has 0 fully saturated rings. The third-order valence-electron chi connectivity index (χ3n) is 3.31. The van der Waals surface area contributed by atoms with Gasteiger partial charge in [-0.25, -0.2) is 4.98 Å². The summed E-state index contributed by atoms with van der Waals surface area (Å²) in [5.41, 5.74) is 3.57. The van der Waals surface area contributed by atoms with E-state index in [9.17, 15) is 18.0 Å². The molecular formula is C16H12F3N3O. The fourth-order valence-corrected chi connectivity index (χ4v) is 2.17. The molecule has 4 nitrogen and oxygen atoms in total. The Bertz CT molecular complexity index is 866. The number of carbonyl (C=O) groups excluding carboxylic acids is 1. The minimum absolute atomic E-state index is 0.0723. The second-order valence-electron chi connectivity index (χ2n) is 5.14. The molecule has 3 rings (SSSR count). The molecule has 0 unspecified atom stereocenters. The van der Waals surface area contributed by atoms with Crippen molar-refractivity contribution in [2.45, 2.75) is 13.1 Å². The zero-order valence-corrected chi connectivity index (χ0v) is 12.0. The van der Waals surface area contributed by atoms with Crippen molar-refractivity contribution in [1.29, 1.82) is 0 Å². The Hall–Kier alpha value is -2.83. The summed E-state index contributed by atoms with van der Waals surface area (Å²) in [6.07, 6.45) is -4.91. The number of nitrogens with one attached hydrogen (secondary N) is 2. The number of amides is 1. The standard InChI is InChI=1S/C16H12F3N3O/c1-9-2-7-12-13(8-9)22-14(21-12)10-3-5-11(6-4-10)20-15(23)16(17,18)19/h2-8H,1H3,(H,20,23)(H,21,22). The van der Waals surface area contributed by atoms with E-state index in [2.05, 4.69) is 9.97 Å². The number of carbonyl (C=O) groups is 1. The van der Waals surface area contributed by atoms with Crippen LogP contribution in [0.3, 0.4) is 0 Å². The highest BCUT2D eigenvalue weighted by atomic mass is 19.4. The smallest absolute Gasteiger partial charge is 0.338 e. The third-order valence-corrected chi connectivity index (χ3v) is 3.31. The first-order valence-corrected chi connectivity index (χ1v) is 6.78. The van der Waals surface area contributed by atoms with Crippen molar-refractivity contribution in [2.24, 2.45) is 0 Å². The molecule has 118 valence electrons. The van der Waals surface area contributed by atoms with Gasteiger partial charge in [0.1, 0.15) is 5.82 Å². The molecule has 0 aliphatic heterocycles. The lowest BCUT2D eigenvalue weighted by molar-refractivity contribution is -0.167. The average Bonchev–Trinajstić information content (AvgIpc) is 2.90.